The van der Waals surface area contributed by atoms with E-state index >= 15 is 0 Å². The van der Waals surface area contributed by atoms with E-state index in [1.54, 1.807) is 0 Å². The van der Waals surface area contributed by atoms with Crippen LogP contribution < -0.4 is 0 Å². The highest BCUT2D eigenvalue weighted by Crippen LogP contribution is 2.60. The van der Waals surface area contributed by atoms with Crippen LogP contribution >= 0.6 is 0 Å². The summed E-state index contributed by atoms with van der Waals surface area (Å²) in [5.74, 6) is -0.227. The molecular weight excluding hydrogens is 202 g/mol. The molecule has 1 aliphatic carbocycles. The van der Waals surface area contributed by atoms with Crippen molar-refractivity contribution in [3.8, 4) is 0 Å². The fraction of sp³-hybridized carbons (Fsp3) is 0.769. The number of carbonyl (C=O) groups is 1. The van der Waals surface area contributed by atoms with Gasteiger partial charge in [0.25, 0.3) is 0 Å². The van der Waals surface area contributed by atoms with E-state index in [0.717, 1.165) is 6.54 Å². The van der Waals surface area contributed by atoms with Crippen LogP contribution in [0.4, 0.5) is 0 Å². The third-order valence-electron chi connectivity index (χ3n) is 5.48. The third-order valence-corrected chi connectivity index (χ3v) is 5.48. The quantitative estimate of drug-likeness (QED) is 0.729. The maximum Gasteiger partial charge on any atom is 0.317 e. The van der Waals surface area contributed by atoms with E-state index < -0.39 is 5.97 Å². The molecule has 1 heterocycles. The van der Waals surface area contributed by atoms with Crippen molar-refractivity contribution in [3.05, 3.63) is 11.1 Å². The van der Waals surface area contributed by atoms with Crippen LogP contribution in [0.15, 0.2) is 11.1 Å². The summed E-state index contributed by atoms with van der Waals surface area (Å²) >= 11 is 0. The second-order valence-corrected chi connectivity index (χ2v) is 5.79. The number of hydrogen-bond donors (Lipinski definition) is 1. The third kappa shape index (κ3) is 1.10. The molecule has 16 heavy (non-hydrogen) atoms. The van der Waals surface area contributed by atoms with Crippen LogP contribution in [0.2, 0.25) is 0 Å². The largest absolute Gasteiger partial charge is 0.480 e. The zero-order chi connectivity index (χ0) is 12.3. The Labute approximate surface area is 97.1 Å². The van der Waals surface area contributed by atoms with E-state index in [9.17, 15) is 4.79 Å². The SMILES string of the molecule is CC1=C(C)C2(C)C(C)C1(C)CN2CC(=O)O. The molecule has 90 valence electrons. The lowest BCUT2D eigenvalue weighted by Gasteiger charge is -2.38. The van der Waals surface area contributed by atoms with Crippen molar-refractivity contribution in [1.82, 2.24) is 4.90 Å². The summed E-state index contributed by atoms with van der Waals surface area (Å²) < 4.78 is 0. The number of hydrogen-bond acceptors (Lipinski definition) is 2. The highest BCUT2D eigenvalue weighted by atomic mass is 16.4. The van der Waals surface area contributed by atoms with Gasteiger partial charge in [0.1, 0.15) is 0 Å². The molecule has 3 heteroatoms. The molecule has 0 amide bonds. The van der Waals surface area contributed by atoms with Gasteiger partial charge in [-0.1, -0.05) is 25.0 Å². The van der Waals surface area contributed by atoms with E-state index in [0.29, 0.717) is 5.92 Å². The molecule has 0 spiro atoms. The number of fused-ring (bicyclic) bond motifs is 2. The van der Waals surface area contributed by atoms with Crippen molar-refractivity contribution in [2.45, 2.75) is 40.2 Å². The van der Waals surface area contributed by atoms with Crippen LogP contribution in [0.3, 0.4) is 0 Å². The molecule has 1 fully saturated rings. The van der Waals surface area contributed by atoms with Crippen LogP contribution in [0.1, 0.15) is 34.6 Å². The first-order valence-electron chi connectivity index (χ1n) is 5.90. The van der Waals surface area contributed by atoms with Crippen molar-refractivity contribution in [1.29, 1.82) is 0 Å². The maximum atomic E-state index is 10.9. The van der Waals surface area contributed by atoms with E-state index in [1.165, 1.54) is 11.1 Å². The van der Waals surface area contributed by atoms with Crippen LogP contribution in [0.25, 0.3) is 0 Å². The Kier molecular flexibility index (Phi) is 2.26. The average Bonchev–Trinajstić information content (AvgIpc) is 2.44. The lowest BCUT2D eigenvalue weighted by atomic mass is 9.76. The summed E-state index contributed by atoms with van der Waals surface area (Å²) in [6, 6.07) is 0. The van der Waals surface area contributed by atoms with Gasteiger partial charge in [0, 0.05) is 17.5 Å². The highest BCUT2D eigenvalue weighted by Gasteiger charge is 2.61. The molecule has 2 aliphatic rings. The topological polar surface area (TPSA) is 40.5 Å². The molecule has 3 atom stereocenters. The summed E-state index contributed by atoms with van der Waals surface area (Å²) in [5, 5.41) is 8.98. The molecular formula is C13H21NO2. The molecule has 0 radical (unpaired) electrons. The average molecular weight is 223 g/mol. The lowest BCUT2D eigenvalue weighted by Crippen LogP contribution is -2.48. The second-order valence-electron chi connectivity index (χ2n) is 5.79. The molecule has 0 aromatic heterocycles. The Morgan fingerprint density at radius 2 is 2.00 bits per heavy atom. The van der Waals surface area contributed by atoms with Gasteiger partial charge in [-0.3, -0.25) is 9.69 Å². The lowest BCUT2D eigenvalue weighted by molar-refractivity contribution is -0.139. The predicted molar refractivity (Wildman–Crippen MR) is 63.3 cm³/mol. The minimum absolute atomic E-state index is 0.0583. The Morgan fingerprint density at radius 3 is 2.38 bits per heavy atom. The molecule has 1 saturated heterocycles. The Hall–Kier alpha value is -0.830. The summed E-state index contributed by atoms with van der Waals surface area (Å²) in [5.41, 5.74) is 2.94. The molecule has 0 aromatic carbocycles. The molecule has 2 bridgehead atoms. The maximum absolute atomic E-state index is 10.9. The van der Waals surface area contributed by atoms with E-state index in [2.05, 4.69) is 39.5 Å². The molecule has 3 unspecified atom stereocenters. The number of rotatable bonds is 2. The number of aliphatic carboxylic acids is 1. The van der Waals surface area contributed by atoms with E-state index in [1.807, 2.05) is 0 Å². The van der Waals surface area contributed by atoms with Gasteiger partial charge in [-0.05, 0) is 26.7 Å². The van der Waals surface area contributed by atoms with Crippen molar-refractivity contribution in [2.24, 2.45) is 11.3 Å². The van der Waals surface area contributed by atoms with Crippen molar-refractivity contribution < 1.29 is 9.90 Å². The first kappa shape index (κ1) is 11.6. The number of carboxylic acid groups (broad SMARTS) is 1. The standard InChI is InChI=1S/C13H21NO2/c1-8-9(2)13(5)10(3)12(8,4)7-14(13)6-11(15)16/h10H,6-7H2,1-5H3,(H,15,16). The molecule has 1 aliphatic heterocycles. The molecule has 2 rings (SSSR count). The van der Waals surface area contributed by atoms with Gasteiger partial charge in [-0.2, -0.15) is 0 Å². The summed E-state index contributed by atoms with van der Waals surface area (Å²) in [6.07, 6.45) is 0. The Balaban J connectivity index is 2.44. The summed E-state index contributed by atoms with van der Waals surface area (Å²) in [4.78, 5) is 13.0. The van der Waals surface area contributed by atoms with Gasteiger partial charge < -0.3 is 5.11 Å². The fourth-order valence-electron chi connectivity index (χ4n) is 3.79. The second kappa shape index (κ2) is 3.10. The molecule has 0 saturated carbocycles. The van der Waals surface area contributed by atoms with Crippen molar-refractivity contribution >= 4 is 5.97 Å². The van der Waals surface area contributed by atoms with Crippen LogP contribution in [-0.4, -0.2) is 34.6 Å². The minimum atomic E-state index is -0.727. The highest BCUT2D eigenvalue weighted by molar-refractivity contribution is 5.69. The zero-order valence-electron chi connectivity index (χ0n) is 10.8. The van der Waals surface area contributed by atoms with Gasteiger partial charge >= 0.3 is 5.97 Å². The first-order chi connectivity index (χ1) is 7.24. The smallest absolute Gasteiger partial charge is 0.317 e. The molecule has 1 N–H and O–H groups in total. The zero-order valence-corrected chi connectivity index (χ0v) is 10.8. The predicted octanol–water partition coefficient (Wildman–Crippen LogP) is 2.14. The molecule has 0 aromatic rings. The van der Waals surface area contributed by atoms with Crippen LogP contribution in [0.5, 0.6) is 0 Å². The van der Waals surface area contributed by atoms with Crippen LogP contribution in [-0.2, 0) is 4.79 Å². The van der Waals surface area contributed by atoms with E-state index in [4.69, 9.17) is 5.11 Å². The van der Waals surface area contributed by atoms with Crippen molar-refractivity contribution in [2.75, 3.05) is 13.1 Å². The summed E-state index contributed by atoms with van der Waals surface area (Å²) in [6.45, 7) is 12.1. The monoisotopic (exact) mass is 223 g/mol. The summed E-state index contributed by atoms with van der Waals surface area (Å²) in [7, 11) is 0. The van der Waals surface area contributed by atoms with Gasteiger partial charge in [-0.25, -0.2) is 0 Å². The number of carboxylic acids is 1. The van der Waals surface area contributed by atoms with E-state index in [-0.39, 0.29) is 17.5 Å². The van der Waals surface area contributed by atoms with Gasteiger partial charge in [-0.15, -0.1) is 0 Å². The minimum Gasteiger partial charge on any atom is -0.480 e. The van der Waals surface area contributed by atoms with Gasteiger partial charge in [0.05, 0.1) is 6.54 Å². The number of nitrogens with zero attached hydrogens (tertiary/aromatic N) is 1. The van der Waals surface area contributed by atoms with Crippen molar-refractivity contribution in [3.63, 3.8) is 0 Å². The number of likely N-dealkylation sites (tertiary alicyclic amines) is 1. The van der Waals surface area contributed by atoms with Gasteiger partial charge in [0.15, 0.2) is 0 Å². The normalized spacial score (nSPS) is 43.2. The Bertz CT molecular complexity index is 387. The fourth-order valence-corrected chi connectivity index (χ4v) is 3.79. The molecule has 3 nitrogen and oxygen atoms in total. The Morgan fingerprint density at radius 1 is 1.44 bits per heavy atom. The van der Waals surface area contributed by atoms with Crippen LogP contribution in [0, 0.1) is 11.3 Å². The first-order valence-corrected chi connectivity index (χ1v) is 5.90. The van der Waals surface area contributed by atoms with Gasteiger partial charge in [0.2, 0.25) is 0 Å².